The van der Waals surface area contributed by atoms with Gasteiger partial charge in [0.25, 0.3) is 0 Å². The zero-order valence-electron chi connectivity index (χ0n) is 12.1. The van der Waals surface area contributed by atoms with Gasteiger partial charge in [-0.25, -0.2) is 0 Å². The highest BCUT2D eigenvalue weighted by Gasteiger charge is 2.32. The van der Waals surface area contributed by atoms with Crippen molar-refractivity contribution in [2.75, 3.05) is 19.7 Å². The number of aliphatic hydroxyl groups is 1. The molecule has 106 valence electrons. The van der Waals surface area contributed by atoms with E-state index in [4.69, 9.17) is 0 Å². The lowest BCUT2D eigenvalue weighted by atomic mass is 9.96. The van der Waals surface area contributed by atoms with Gasteiger partial charge in [0.15, 0.2) is 0 Å². The second-order valence-corrected chi connectivity index (χ2v) is 6.48. The largest absolute Gasteiger partial charge is 0.394 e. The highest BCUT2D eigenvalue weighted by Crippen LogP contribution is 2.25. The van der Waals surface area contributed by atoms with Gasteiger partial charge in [-0.15, -0.1) is 0 Å². The van der Waals surface area contributed by atoms with Crippen molar-refractivity contribution < 1.29 is 5.11 Å². The van der Waals surface area contributed by atoms with E-state index in [1.165, 1.54) is 51.6 Å². The smallest absolute Gasteiger partial charge is 0.0610 e. The number of likely N-dealkylation sites (tertiary alicyclic amines) is 1. The lowest BCUT2D eigenvalue weighted by Gasteiger charge is -2.31. The molecule has 1 heterocycles. The third-order valence-electron chi connectivity index (χ3n) is 4.62. The zero-order valence-corrected chi connectivity index (χ0v) is 12.1. The molecule has 2 rings (SSSR count). The van der Waals surface area contributed by atoms with Crippen LogP contribution in [0.4, 0.5) is 0 Å². The Kier molecular flexibility index (Phi) is 5.05. The Morgan fingerprint density at radius 3 is 2.72 bits per heavy atom. The van der Waals surface area contributed by atoms with E-state index in [9.17, 15) is 5.11 Å². The topological polar surface area (TPSA) is 35.5 Å². The van der Waals surface area contributed by atoms with Crippen molar-refractivity contribution >= 4 is 0 Å². The van der Waals surface area contributed by atoms with Crippen LogP contribution in [-0.2, 0) is 0 Å². The van der Waals surface area contributed by atoms with Gasteiger partial charge in [-0.1, -0.05) is 6.92 Å². The van der Waals surface area contributed by atoms with Gasteiger partial charge in [0.2, 0.25) is 0 Å². The molecule has 0 amide bonds. The number of rotatable bonds is 8. The van der Waals surface area contributed by atoms with Crippen LogP contribution in [0, 0.1) is 0 Å². The first-order valence-electron chi connectivity index (χ1n) is 7.79. The minimum absolute atomic E-state index is 0.0530. The van der Waals surface area contributed by atoms with Crippen LogP contribution in [0.15, 0.2) is 0 Å². The monoisotopic (exact) mass is 254 g/mol. The molecule has 0 aromatic rings. The van der Waals surface area contributed by atoms with Crippen LogP contribution in [0.1, 0.15) is 58.8 Å². The SMILES string of the molecule is CCC1CCCN1CCCC(C)(CO)NC1CC1. The summed E-state index contributed by atoms with van der Waals surface area (Å²) in [7, 11) is 0. The predicted octanol–water partition coefficient (Wildman–Crippen LogP) is 2.14. The fraction of sp³-hybridized carbons (Fsp3) is 1.00. The maximum atomic E-state index is 9.58. The van der Waals surface area contributed by atoms with Gasteiger partial charge < -0.3 is 15.3 Å². The van der Waals surface area contributed by atoms with Gasteiger partial charge in [0.1, 0.15) is 0 Å². The maximum Gasteiger partial charge on any atom is 0.0610 e. The number of hydrogen-bond donors (Lipinski definition) is 2. The highest BCUT2D eigenvalue weighted by atomic mass is 16.3. The van der Waals surface area contributed by atoms with E-state index in [1.807, 2.05) is 0 Å². The van der Waals surface area contributed by atoms with Crippen LogP contribution >= 0.6 is 0 Å². The van der Waals surface area contributed by atoms with Gasteiger partial charge in [0.05, 0.1) is 6.61 Å². The summed E-state index contributed by atoms with van der Waals surface area (Å²) in [5.74, 6) is 0. The molecule has 0 radical (unpaired) electrons. The summed E-state index contributed by atoms with van der Waals surface area (Å²) >= 11 is 0. The van der Waals surface area contributed by atoms with Crippen molar-refractivity contribution in [3.8, 4) is 0 Å². The van der Waals surface area contributed by atoms with Gasteiger partial charge in [-0.2, -0.15) is 0 Å². The molecule has 1 saturated carbocycles. The molecule has 2 fully saturated rings. The normalized spacial score (nSPS) is 28.5. The van der Waals surface area contributed by atoms with Gasteiger partial charge in [-0.3, -0.25) is 0 Å². The van der Waals surface area contributed by atoms with Crippen LogP contribution in [0.5, 0.6) is 0 Å². The molecule has 0 spiro atoms. The minimum Gasteiger partial charge on any atom is -0.394 e. The Bertz CT molecular complexity index is 255. The Labute approximate surface area is 112 Å². The molecule has 0 aromatic carbocycles. The molecule has 3 heteroatoms. The molecule has 2 atom stereocenters. The van der Waals surface area contributed by atoms with E-state index < -0.39 is 0 Å². The fourth-order valence-electron chi connectivity index (χ4n) is 3.24. The fourth-order valence-corrected chi connectivity index (χ4v) is 3.24. The molecule has 2 aliphatic rings. The molecule has 0 bridgehead atoms. The lowest BCUT2D eigenvalue weighted by Crippen LogP contribution is -2.47. The van der Waals surface area contributed by atoms with Crippen molar-refractivity contribution in [3.05, 3.63) is 0 Å². The van der Waals surface area contributed by atoms with Crippen LogP contribution in [0.3, 0.4) is 0 Å². The van der Waals surface area contributed by atoms with Crippen LogP contribution in [0.2, 0.25) is 0 Å². The summed E-state index contributed by atoms with van der Waals surface area (Å²) in [5, 5.41) is 13.2. The first kappa shape index (κ1) is 14.3. The molecule has 2 unspecified atom stereocenters. The molecule has 1 saturated heterocycles. The van der Waals surface area contributed by atoms with E-state index in [0.717, 1.165) is 12.5 Å². The van der Waals surface area contributed by atoms with Crippen molar-refractivity contribution in [2.24, 2.45) is 0 Å². The van der Waals surface area contributed by atoms with Gasteiger partial charge in [0, 0.05) is 17.6 Å². The Morgan fingerprint density at radius 2 is 2.11 bits per heavy atom. The Hall–Kier alpha value is -0.120. The molecular weight excluding hydrogens is 224 g/mol. The summed E-state index contributed by atoms with van der Waals surface area (Å²) in [5.41, 5.74) is -0.0530. The quantitative estimate of drug-likeness (QED) is 0.696. The van der Waals surface area contributed by atoms with E-state index in [-0.39, 0.29) is 12.1 Å². The molecule has 1 aliphatic heterocycles. The third kappa shape index (κ3) is 3.94. The maximum absolute atomic E-state index is 9.58. The van der Waals surface area contributed by atoms with Crippen molar-refractivity contribution in [1.82, 2.24) is 10.2 Å². The summed E-state index contributed by atoms with van der Waals surface area (Å²) < 4.78 is 0. The number of nitrogens with zero attached hydrogens (tertiary/aromatic N) is 1. The van der Waals surface area contributed by atoms with Crippen LogP contribution < -0.4 is 5.32 Å². The first-order chi connectivity index (χ1) is 8.67. The molecular formula is C15H30N2O. The Balaban J connectivity index is 1.69. The molecule has 2 N–H and O–H groups in total. The highest BCUT2D eigenvalue weighted by molar-refractivity contribution is 4.92. The standard InChI is InChI=1S/C15H30N2O/c1-3-14-6-4-10-17(14)11-5-9-15(2,12-18)16-13-7-8-13/h13-14,16,18H,3-12H2,1-2H3. The molecule has 1 aliphatic carbocycles. The number of nitrogens with one attached hydrogen (secondary N) is 1. The minimum atomic E-state index is -0.0530. The predicted molar refractivity (Wildman–Crippen MR) is 75.8 cm³/mol. The van der Waals surface area contributed by atoms with Crippen molar-refractivity contribution in [3.63, 3.8) is 0 Å². The van der Waals surface area contributed by atoms with E-state index in [0.29, 0.717) is 6.04 Å². The summed E-state index contributed by atoms with van der Waals surface area (Å²) in [6, 6.07) is 1.50. The van der Waals surface area contributed by atoms with E-state index in [2.05, 4.69) is 24.1 Å². The zero-order chi connectivity index (χ0) is 13.0. The lowest BCUT2D eigenvalue weighted by molar-refractivity contribution is 0.152. The summed E-state index contributed by atoms with van der Waals surface area (Å²) in [4.78, 5) is 2.65. The number of hydrogen-bond acceptors (Lipinski definition) is 3. The average molecular weight is 254 g/mol. The second kappa shape index (κ2) is 6.36. The van der Waals surface area contributed by atoms with Crippen LogP contribution in [-0.4, -0.2) is 47.3 Å². The average Bonchev–Trinajstić information content (AvgIpc) is 3.05. The van der Waals surface area contributed by atoms with Gasteiger partial charge in [-0.05, 0) is 65.0 Å². The molecule has 0 aromatic heterocycles. The first-order valence-corrected chi connectivity index (χ1v) is 7.79. The van der Waals surface area contributed by atoms with Crippen molar-refractivity contribution in [1.29, 1.82) is 0 Å². The Morgan fingerprint density at radius 1 is 1.33 bits per heavy atom. The number of aliphatic hydroxyl groups excluding tert-OH is 1. The third-order valence-corrected chi connectivity index (χ3v) is 4.62. The van der Waals surface area contributed by atoms with E-state index >= 15 is 0 Å². The summed E-state index contributed by atoms with van der Waals surface area (Å²) in [6.45, 7) is 7.23. The van der Waals surface area contributed by atoms with Gasteiger partial charge >= 0.3 is 0 Å². The second-order valence-electron chi connectivity index (χ2n) is 6.48. The molecule has 18 heavy (non-hydrogen) atoms. The summed E-state index contributed by atoms with van der Waals surface area (Å²) in [6.07, 6.45) is 8.92. The van der Waals surface area contributed by atoms with E-state index in [1.54, 1.807) is 0 Å². The van der Waals surface area contributed by atoms with Crippen molar-refractivity contribution in [2.45, 2.75) is 76.4 Å². The van der Waals surface area contributed by atoms with Crippen LogP contribution in [0.25, 0.3) is 0 Å². The molecule has 3 nitrogen and oxygen atoms in total.